The minimum Gasteiger partial charge on any atom is -0.310 e. The van der Waals surface area contributed by atoms with Gasteiger partial charge in [0, 0.05) is 22.0 Å². The molecule has 2 rings (SSSR count). The zero-order valence-electron chi connectivity index (χ0n) is 11.4. The van der Waals surface area contributed by atoms with Crippen molar-refractivity contribution >= 4 is 22.6 Å². The highest BCUT2D eigenvalue weighted by atomic mass is 127. The first-order valence-corrected chi connectivity index (χ1v) is 7.67. The van der Waals surface area contributed by atoms with Crippen molar-refractivity contribution in [2.24, 2.45) is 0 Å². The third-order valence-corrected chi connectivity index (χ3v) is 4.68. The lowest BCUT2D eigenvalue weighted by Crippen LogP contribution is -2.24. The monoisotopic (exact) mass is 366 g/mol. The summed E-state index contributed by atoms with van der Waals surface area (Å²) in [5.74, 6) is 0. The van der Waals surface area contributed by atoms with Crippen LogP contribution >= 0.6 is 22.6 Å². The van der Waals surface area contributed by atoms with Crippen LogP contribution in [-0.4, -0.2) is 11.5 Å². The molecule has 1 unspecified atom stereocenters. The number of hydrogen-bond acceptors (Lipinski definition) is 2. The molecule has 0 spiro atoms. The average Bonchev–Trinajstić information content (AvgIpc) is 2.43. The van der Waals surface area contributed by atoms with Gasteiger partial charge < -0.3 is 5.32 Å². The number of likely N-dealkylation sites (N-methyl/N-ethyl adjacent to an activating group) is 1. The average molecular weight is 366 g/mol. The molecule has 2 nitrogen and oxygen atoms in total. The van der Waals surface area contributed by atoms with Crippen molar-refractivity contribution in [3.63, 3.8) is 0 Å². The molecule has 0 aliphatic carbocycles. The molecule has 100 valence electrons. The van der Waals surface area contributed by atoms with Crippen LogP contribution in [0.3, 0.4) is 0 Å². The summed E-state index contributed by atoms with van der Waals surface area (Å²) in [7, 11) is 0. The van der Waals surface area contributed by atoms with Crippen molar-refractivity contribution in [2.75, 3.05) is 6.54 Å². The van der Waals surface area contributed by atoms with Crippen molar-refractivity contribution in [3.8, 4) is 0 Å². The Morgan fingerprint density at radius 2 is 2.11 bits per heavy atom. The van der Waals surface area contributed by atoms with Crippen LogP contribution in [0.15, 0.2) is 42.7 Å². The van der Waals surface area contributed by atoms with Crippen LogP contribution in [-0.2, 0) is 6.42 Å². The summed E-state index contributed by atoms with van der Waals surface area (Å²) >= 11 is 2.45. The summed E-state index contributed by atoms with van der Waals surface area (Å²) in [5, 5.41) is 3.58. The van der Waals surface area contributed by atoms with E-state index in [4.69, 9.17) is 0 Å². The van der Waals surface area contributed by atoms with Crippen LogP contribution in [0.4, 0.5) is 0 Å². The lowest BCUT2D eigenvalue weighted by Gasteiger charge is -2.20. The highest BCUT2D eigenvalue weighted by Gasteiger charge is 2.15. The Morgan fingerprint density at radius 3 is 2.79 bits per heavy atom. The van der Waals surface area contributed by atoms with Gasteiger partial charge in [0.15, 0.2) is 0 Å². The molecule has 1 aromatic carbocycles. The van der Waals surface area contributed by atoms with Crippen molar-refractivity contribution in [3.05, 3.63) is 63.0 Å². The van der Waals surface area contributed by atoms with Gasteiger partial charge in [-0.15, -0.1) is 0 Å². The van der Waals surface area contributed by atoms with Crippen LogP contribution in [0.2, 0.25) is 0 Å². The molecule has 0 aliphatic heterocycles. The van der Waals surface area contributed by atoms with Crippen LogP contribution in [0.1, 0.15) is 29.7 Å². The molecule has 19 heavy (non-hydrogen) atoms. The van der Waals surface area contributed by atoms with E-state index in [9.17, 15) is 0 Å². The Morgan fingerprint density at radius 1 is 1.26 bits per heavy atom. The van der Waals surface area contributed by atoms with E-state index >= 15 is 0 Å². The van der Waals surface area contributed by atoms with Gasteiger partial charge in [0.2, 0.25) is 0 Å². The molecule has 0 aliphatic rings. The van der Waals surface area contributed by atoms with E-state index in [-0.39, 0.29) is 0 Å². The van der Waals surface area contributed by atoms with Gasteiger partial charge >= 0.3 is 0 Å². The summed E-state index contributed by atoms with van der Waals surface area (Å²) in [6, 6.07) is 11.0. The van der Waals surface area contributed by atoms with E-state index < -0.39 is 0 Å². The predicted octanol–water partition coefficient (Wildman–Crippen LogP) is 3.89. The topological polar surface area (TPSA) is 24.9 Å². The van der Waals surface area contributed by atoms with Crippen molar-refractivity contribution < 1.29 is 0 Å². The number of nitrogens with one attached hydrogen (secondary N) is 1. The Balaban J connectivity index is 2.27. The summed E-state index contributed by atoms with van der Waals surface area (Å²) in [6.07, 6.45) is 4.75. The zero-order valence-corrected chi connectivity index (χ0v) is 13.5. The molecule has 1 atom stereocenters. The first-order valence-electron chi connectivity index (χ1n) is 6.59. The molecule has 3 heteroatoms. The Labute approximate surface area is 128 Å². The molecule has 0 amide bonds. The summed E-state index contributed by atoms with van der Waals surface area (Å²) in [6.45, 7) is 5.28. The zero-order chi connectivity index (χ0) is 13.7. The second-order valence-electron chi connectivity index (χ2n) is 4.65. The number of halogens is 1. The van der Waals surface area contributed by atoms with Crippen LogP contribution in [0.5, 0.6) is 0 Å². The van der Waals surface area contributed by atoms with E-state index in [1.807, 2.05) is 18.5 Å². The number of hydrogen-bond donors (Lipinski definition) is 1. The fourth-order valence-corrected chi connectivity index (χ4v) is 2.97. The van der Waals surface area contributed by atoms with Crippen LogP contribution < -0.4 is 5.32 Å². The highest BCUT2D eigenvalue weighted by molar-refractivity contribution is 14.1. The van der Waals surface area contributed by atoms with Gasteiger partial charge in [0.25, 0.3) is 0 Å². The lowest BCUT2D eigenvalue weighted by atomic mass is 9.98. The third-order valence-electron chi connectivity index (χ3n) is 3.21. The number of pyridine rings is 1. The maximum Gasteiger partial charge on any atom is 0.0371 e. The summed E-state index contributed by atoms with van der Waals surface area (Å²) < 4.78 is 1.36. The Bertz CT molecular complexity index is 526. The van der Waals surface area contributed by atoms with E-state index in [1.54, 1.807) is 0 Å². The van der Waals surface area contributed by atoms with Crippen molar-refractivity contribution in [2.45, 2.75) is 26.3 Å². The molecule has 1 heterocycles. The maximum atomic E-state index is 4.20. The SMILES string of the molecule is CCNC(Cc1cccnc1)c1cccc(C)c1I. The smallest absolute Gasteiger partial charge is 0.0371 e. The molecule has 0 fully saturated rings. The quantitative estimate of drug-likeness (QED) is 0.813. The molecule has 1 aromatic heterocycles. The third kappa shape index (κ3) is 3.76. The summed E-state index contributed by atoms with van der Waals surface area (Å²) in [4.78, 5) is 4.20. The Hall–Kier alpha value is -0.940. The molecule has 0 radical (unpaired) electrons. The molecule has 2 aromatic rings. The van der Waals surface area contributed by atoms with Crippen molar-refractivity contribution in [1.82, 2.24) is 10.3 Å². The molecular formula is C16H19IN2. The minimum atomic E-state index is 0.348. The molecular weight excluding hydrogens is 347 g/mol. The fraction of sp³-hybridized carbons (Fsp3) is 0.312. The number of aryl methyl sites for hydroxylation is 1. The van der Waals surface area contributed by atoms with Gasteiger partial charge in [-0.3, -0.25) is 4.98 Å². The number of benzene rings is 1. The fourth-order valence-electron chi connectivity index (χ4n) is 2.23. The van der Waals surface area contributed by atoms with Crippen LogP contribution in [0, 0.1) is 10.5 Å². The largest absolute Gasteiger partial charge is 0.310 e. The minimum absolute atomic E-state index is 0.348. The number of nitrogens with zero attached hydrogens (tertiary/aromatic N) is 1. The lowest BCUT2D eigenvalue weighted by molar-refractivity contribution is 0.546. The van der Waals surface area contributed by atoms with Gasteiger partial charge in [-0.1, -0.05) is 31.2 Å². The predicted molar refractivity (Wildman–Crippen MR) is 88.3 cm³/mol. The highest BCUT2D eigenvalue weighted by Crippen LogP contribution is 2.25. The van der Waals surface area contributed by atoms with E-state index in [0.717, 1.165) is 13.0 Å². The van der Waals surface area contributed by atoms with Crippen LogP contribution in [0.25, 0.3) is 0 Å². The Kier molecular flexibility index (Phi) is 5.34. The van der Waals surface area contributed by atoms with Gasteiger partial charge in [0.1, 0.15) is 0 Å². The first-order chi connectivity index (χ1) is 9.22. The van der Waals surface area contributed by atoms with Crippen molar-refractivity contribution in [1.29, 1.82) is 0 Å². The second-order valence-corrected chi connectivity index (χ2v) is 5.73. The first kappa shape index (κ1) is 14.5. The normalized spacial score (nSPS) is 12.4. The molecule has 1 N–H and O–H groups in total. The molecule has 0 saturated carbocycles. The van der Waals surface area contributed by atoms with Gasteiger partial charge in [-0.05, 0) is 65.2 Å². The second kappa shape index (κ2) is 7.01. The van der Waals surface area contributed by atoms with E-state index in [1.165, 1.54) is 20.3 Å². The van der Waals surface area contributed by atoms with Gasteiger partial charge in [-0.2, -0.15) is 0 Å². The van der Waals surface area contributed by atoms with Gasteiger partial charge in [0.05, 0.1) is 0 Å². The van der Waals surface area contributed by atoms with E-state index in [2.05, 4.69) is 71.0 Å². The molecule has 0 bridgehead atoms. The van der Waals surface area contributed by atoms with Gasteiger partial charge in [-0.25, -0.2) is 0 Å². The maximum absolute atomic E-state index is 4.20. The number of aromatic nitrogens is 1. The standard InChI is InChI=1S/C16H19IN2/c1-3-19-15(10-13-7-5-9-18-11-13)14-8-4-6-12(2)16(14)17/h4-9,11,15,19H,3,10H2,1-2H3. The number of rotatable bonds is 5. The molecule has 0 saturated heterocycles. The summed E-state index contributed by atoms with van der Waals surface area (Å²) in [5.41, 5.74) is 3.99. The van der Waals surface area contributed by atoms with E-state index in [0.29, 0.717) is 6.04 Å².